The molecular formula is C6H4Cl2S. The molecule has 0 radical (unpaired) electrons. The van der Waals surface area contributed by atoms with Gasteiger partial charge in [0.2, 0.25) is 0 Å². The van der Waals surface area contributed by atoms with Gasteiger partial charge in [-0.2, -0.15) is 0 Å². The van der Waals surface area contributed by atoms with E-state index in [0.717, 1.165) is 0 Å². The molecule has 1 aliphatic rings. The van der Waals surface area contributed by atoms with Crippen LogP contribution in [0.1, 0.15) is 0 Å². The maximum Gasteiger partial charge on any atom is 0.0871 e. The Hall–Kier alpha value is 0.150. The SMILES string of the molecule is S=C1C=C(Cl)C=CC1Cl. The average Bonchev–Trinajstić information content (AvgIpc) is 1.80. The van der Waals surface area contributed by atoms with Crippen LogP contribution in [0.25, 0.3) is 0 Å². The van der Waals surface area contributed by atoms with Crippen LogP contribution in [0.3, 0.4) is 0 Å². The van der Waals surface area contributed by atoms with Crippen molar-refractivity contribution < 1.29 is 0 Å². The predicted molar refractivity (Wildman–Crippen MR) is 45.3 cm³/mol. The second-order valence-corrected chi connectivity index (χ2v) is 3.07. The maximum atomic E-state index is 5.70. The highest BCUT2D eigenvalue weighted by Gasteiger charge is 2.08. The van der Waals surface area contributed by atoms with E-state index in [-0.39, 0.29) is 5.38 Å². The summed E-state index contributed by atoms with van der Waals surface area (Å²) in [7, 11) is 0. The first kappa shape index (κ1) is 7.26. The number of halogens is 2. The van der Waals surface area contributed by atoms with E-state index in [2.05, 4.69) is 0 Å². The first-order valence-corrected chi connectivity index (χ1v) is 3.66. The molecule has 0 aromatic heterocycles. The molecular weight excluding hydrogens is 175 g/mol. The monoisotopic (exact) mass is 178 g/mol. The zero-order valence-corrected chi connectivity index (χ0v) is 6.80. The summed E-state index contributed by atoms with van der Waals surface area (Å²) in [5, 5.41) is 0.499. The Morgan fingerprint density at radius 3 is 2.67 bits per heavy atom. The van der Waals surface area contributed by atoms with Crippen molar-refractivity contribution in [2.24, 2.45) is 0 Å². The Bertz CT molecular complexity index is 193. The van der Waals surface area contributed by atoms with Gasteiger partial charge in [0.25, 0.3) is 0 Å². The summed E-state index contributed by atoms with van der Waals surface area (Å²) in [5.74, 6) is 0. The fourth-order valence-electron chi connectivity index (χ4n) is 0.535. The molecule has 1 rings (SSSR count). The van der Waals surface area contributed by atoms with Crippen molar-refractivity contribution in [2.75, 3.05) is 0 Å². The van der Waals surface area contributed by atoms with Crippen molar-refractivity contribution in [3.63, 3.8) is 0 Å². The van der Waals surface area contributed by atoms with E-state index in [4.69, 9.17) is 35.4 Å². The van der Waals surface area contributed by atoms with Crippen LogP contribution in [0, 0.1) is 0 Å². The van der Waals surface area contributed by atoms with Crippen molar-refractivity contribution in [3.05, 3.63) is 23.3 Å². The first-order chi connectivity index (χ1) is 4.20. The number of alkyl halides is 1. The molecule has 0 N–H and O–H groups in total. The molecule has 0 aromatic carbocycles. The summed E-state index contributed by atoms with van der Waals surface area (Å²) >= 11 is 16.2. The van der Waals surface area contributed by atoms with E-state index in [1.807, 2.05) is 0 Å². The van der Waals surface area contributed by atoms with Gasteiger partial charge < -0.3 is 0 Å². The summed E-state index contributed by atoms with van der Waals surface area (Å²) in [5.41, 5.74) is 0. The number of hydrogen-bond acceptors (Lipinski definition) is 1. The number of rotatable bonds is 0. The predicted octanol–water partition coefficient (Wildman–Crippen LogP) is 2.66. The van der Waals surface area contributed by atoms with E-state index in [1.54, 1.807) is 18.2 Å². The van der Waals surface area contributed by atoms with Crippen molar-refractivity contribution in [1.82, 2.24) is 0 Å². The molecule has 0 aromatic rings. The molecule has 0 spiro atoms. The summed E-state index contributed by atoms with van der Waals surface area (Å²) in [6.45, 7) is 0. The number of hydrogen-bond donors (Lipinski definition) is 0. The third-order valence-corrected chi connectivity index (χ3v) is 2.09. The highest BCUT2D eigenvalue weighted by Crippen LogP contribution is 2.15. The van der Waals surface area contributed by atoms with Gasteiger partial charge in [-0.3, -0.25) is 0 Å². The summed E-state index contributed by atoms with van der Waals surface area (Å²) in [6.07, 6.45) is 5.20. The van der Waals surface area contributed by atoms with Gasteiger partial charge >= 0.3 is 0 Å². The molecule has 1 aliphatic carbocycles. The summed E-state index contributed by atoms with van der Waals surface area (Å²) in [4.78, 5) is 0.684. The van der Waals surface area contributed by atoms with Crippen LogP contribution in [-0.2, 0) is 0 Å². The highest BCUT2D eigenvalue weighted by molar-refractivity contribution is 7.81. The molecule has 0 aliphatic heterocycles. The highest BCUT2D eigenvalue weighted by atomic mass is 35.5. The van der Waals surface area contributed by atoms with E-state index in [1.165, 1.54) is 0 Å². The quantitative estimate of drug-likeness (QED) is 0.407. The van der Waals surface area contributed by atoms with Gasteiger partial charge in [-0.05, 0) is 12.2 Å². The zero-order valence-electron chi connectivity index (χ0n) is 4.47. The zero-order chi connectivity index (χ0) is 6.85. The Balaban J connectivity index is 2.82. The molecule has 0 fully saturated rings. The molecule has 0 saturated heterocycles. The second-order valence-electron chi connectivity index (χ2n) is 1.69. The summed E-state index contributed by atoms with van der Waals surface area (Å²) < 4.78 is 0. The fraction of sp³-hybridized carbons (Fsp3) is 0.167. The van der Waals surface area contributed by atoms with Crippen LogP contribution >= 0.6 is 35.4 Å². The summed E-state index contributed by atoms with van der Waals surface area (Å²) in [6, 6.07) is 0. The van der Waals surface area contributed by atoms with Gasteiger partial charge in [-0.1, -0.05) is 29.9 Å². The van der Waals surface area contributed by atoms with E-state index >= 15 is 0 Å². The van der Waals surface area contributed by atoms with Gasteiger partial charge in [0, 0.05) is 9.90 Å². The molecule has 0 nitrogen and oxygen atoms in total. The van der Waals surface area contributed by atoms with Crippen molar-refractivity contribution >= 4 is 40.3 Å². The molecule has 3 heteroatoms. The standard InChI is InChI=1S/C6H4Cl2S/c7-4-1-2-5(8)6(9)3-4/h1-3,5H. The van der Waals surface area contributed by atoms with Gasteiger partial charge in [-0.25, -0.2) is 0 Å². The van der Waals surface area contributed by atoms with Crippen LogP contribution in [0.5, 0.6) is 0 Å². The number of thiocarbonyl (C=S) groups is 1. The average molecular weight is 179 g/mol. The fourth-order valence-corrected chi connectivity index (χ4v) is 1.13. The van der Waals surface area contributed by atoms with Crippen LogP contribution in [0.15, 0.2) is 23.3 Å². The Morgan fingerprint density at radius 1 is 1.56 bits per heavy atom. The Kier molecular flexibility index (Phi) is 2.28. The molecule has 1 atom stereocenters. The lowest BCUT2D eigenvalue weighted by Gasteiger charge is -2.05. The minimum atomic E-state index is -0.150. The molecule has 0 amide bonds. The van der Waals surface area contributed by atoms with Gasteiger partial charge in [0.05, 0.1) is 5.38 Å². The van der Waals surface area contributed by atoms with Crippen molar-refractivity contribution in [3.8, 4) is 0 Å². The topological polar surface area (TPSA) is 0 Å². The lowest BCUT2D eigenvalue weighted by molar-refractivity contribution is 1.49. The van der Waals surface area contributed by atoms with Gasteiger partial charge in [0.1, 0.15) is 0 Å². The smallest absolute Gasteiger partial charge is 0.0871 e. The number of allylic oxidation sites excluding steroid dienone is 4. The lowest BCUT2D eigenvalue weighted by Crippen LogP contribution is -2.08. The van der Waals surface area contributed by atoms with E-state index in [9.17, 15) is 0 Å². The molecule has 0 heterocycles. The molecule has 0 bridgehead atoms. The maximum absolute atomic E-state index is 5.70. The van der Waals surface area contributed by atoms with Gasteiger partial charge in [-0.15, -0.1) is 11.6 Å². The Morgan fingerprint density at radius 2 is 2.22 bits per heavy atom. The third kappa shape index (κ3) is 1.78. The normalized spacial score (nSPS) is 26.2. The molecule has 1 unspecified atom stereocenters. The lowest BCUT2D eigenvalue weighted by atomic mass is 10.2. The first-order valence-electron chi connectivity index (χ1n) is 2.43. The van der Waals surface area contributed by atoms with Crippen molar-refractivity contribution in [1.29, 1.82) is 0 Å². The van der Waals surface area contributed by atoms with Crippen molar-refractivity contribution in [2.45, 2.75) is 5.38 Å². The van der Waals surface area contributed by atoms with Crippen LogP contribution in [0.2, 0.25) is 0 Å². The Labute approximate surface area is 69.1 Å². The second kappa shape index (κ2) is 2.82. The minimum Gasteiger partial charge on any atom is -0.112 e. The van der Waals surface area contributed by atoms with Crippen LogP contribution in [0.4, 0.5) is 0 Å². The molecule has 0 saturated carbocycles. The molecule has 9 heavy (non-hydrogen) atoms. The van der Waals surface area contributed by atoms with E-state index in [0.29, 0.717) is 9.90 Å². The third-order valence-electron chi connectivity index (χ3n) is 0.976. The minimum absolute atomic E-state index is 0.150. The molecule has 48 valence electrons. The van der Waals surface area contributed by atoms with Crippen LogP contribution < -0.4 is 0 Å². The van der Waals surface area contributed by atoms with E-state index < -0.39 is 0 Å². The van der Waals surface area contributed by atoms with Gasteiger partial charge in [0.15, 0.2) is 0 Å². The van der Waals surface area contributed by atoms with Crippen LogP contribution in [-0.4, -0.2) is 10.2 Å². The largest absolute Gasteiger partial charge is 0.112 e.